The summed E-state index contributed by atoms with van der Waals surface area (Å²) in [5, 5.41) is 0.831. The van der Waals surface area contributed by atoms with Gasteiger partial charge in [0.25, 0.3) is 0 Å². The fourth-order valence-corrected chi connectivity index (χ4v) is 3.88. The van der Waals surface area contributed by atoms with E-state index in [1.165, 1.54) is 43.6 Å². The maximum absolute atomic E-state index is 6.40. The van der Waals surface area contributed by atoms with E-state index in [1.54, 1.807) is 7.11 Å². The molecule has 0 unspecified atom stereocenters. The van der Waals surface area contributed by atoms with Gasteiger partial charge in [-0.2, -0.15) is 0 Å². The molecular formula is C19H27ClN2O. The number of halogens is 1. The van der Waals surface area contributed by atoms with Gasteiger partial charge in [-0.1, -0.05) is 23.3 Å². The van der Waals surface area contributed by atoms with Gasteiger partial charge in [-0.25, -0.2) is 0 Å². The number of hydrogen-bond acceptors (Lipinski definition) is 3. The lowest BCUT2D eigenvalue weighted by atomic mass is 9.91. The van der Waals surface area contributed by atoms with Crippen LogP contribution in [0.15, 0.2) is 17.7 Å². The van der Waals surface area contributed by atoms with Gasteiger partial charge >= 0.3 is 0 Å². The van der Waals surface area contributed by atoms with Crippen molar-refractivity contribution in [3.63, 3.8) is 0 Å². The lowest BCUT2D eigenvalue weighted by molar-refractivity contribution is 0.267. The Hall–Kier alpha value is -1.03. The zero-order chi connectivity index (χ0) is 16.2. The predicted octanol–water partition coefficient (Wildman–Crippen LogP) is 3.71. The van der Waals surface area contributed by atoms with Crippen molar-refractivity contribution < 1.29 is 4.74 Å². The molecule has 1 aliphatic carbocycles. The number of methoxy groups -OCH3 is 1. The van der Waals surface area contributed by atoms with Gasteiger partial charge in [-0.05, 0) is 63.5 Å². The van der Waals surface area contributed by atoms with Crippen LogP contribution in [-0.4, -0.2) is 56.7 Å². The van der Waals surface area contributed by atoms with E-state index in [0.29, 0.717) is 0 Å². The lowest BCUT2D eigenvalue weighted by Crippen LogP contribution is -2.32. The molecule has 1 fully saturated rings. The highest BCUT2D eigenvalue weighted by Gasteiger charge is 2.18. The molecule has 3 nitrogen and oxygen atoms in total. The van der Waals surface area contributed by atoms with Gasteiger partial charge in [0.2, 0.25) is 0 Å². The van der Waals surface area contributed by atoms with E-state index in [9.17, 15) is 0 Å². The van der Waals surface area contributed by atoms with Crippen molar-refractivity contribution >= 4 is 17.7 Å². The maximum atomic E-state index is 6.40. The largest absolute Gasteiger partial charge is 0.496 e. The third-order valence-electron chi connectivity index (χ3n) is 5.00. The lowest BCUT2D eigenvalue weighted by Gasteiger charge is -2.25. The standard InChI is InChI=1S/C19H27ClN2O/c1-21(11-12-22-9-3-4-10-22)14-15-5-6-16-17(13-15)18(20)7-8-19(16)23-2/h7-8,13H,3-6,9-12,14H2,1-2H3. The Morgan fingerprint density at radius 2 is 2.00 bits per heavy atom. The first-order chi connectivity index (χ1) is 11.2. The Morgan fingerprint density at radius 1 is 1.22 bits per heavy atom. The Morgan fingerprint density at radius 3 is 2.74 bits per heavy atom. The fraction of sp³-hybridized carbons (Fsp3) is 0.579. The van der Waals surface area contributed by atoms with Crippen molar-refractivity contribution in [2.45, 2.75) is 25.7 Å². The van der Waals surface area contributed by atoms with Crippen molar-refractivity contribution in [3.8, 4) is 5.75 Å². The Labute approximate surface area is 144 Å². The minimum atomic E-state index is 0.831. The summed E-state index contributed by atoms with van der Waals surface area (Å²) in [4.78, 5) is 5.01. The molecule has 0 N–H and O–H groups in total. The number of likely N-dealkylation sites (tertiary alicyclic amines) is 1. The van der Waals surface area contributed by atoms with Crippen LogP contribution in [0.25, 0.3) is 6.08 Å². The normalized spacial score (nSPS) is 18.2. The van der Waals surface area contributed by atoms with Crippen molar-refractivity contribution in [1.82, 2.24) is 9.80 Å². The van der Waals surface area contributed by atoms with Gasteiger partial charge in [-0.15, -0.1) is 0 Å². The van der Waals surface area contributed by atoms with Crippen LogP contribution < -0.4 is 4.74 Å². The van der Waals surface area contributed by atoms with E-state index < -0.39 is 0 Å². The molecule has 1 aromatic rings. The predicted molar refractivity (Wildman–Crippen MR) is 97.5 cm³/mol. The zero-order valence-electron chi connectivity index (χ0n) is 14.3. The van der Waals surface area contributed by atoms with Gasteiger partial charge in [0.05, 0.1) is 7.11 Å². The van der Waals surface area contributed by atoms with Crippen LogP contribution in [0.5, 0.6) is 5.75 Å². The second kappa shape index (κ2) is 7.69. The number of likely N-dealkylation sites (N-methyl/N-ethyl adjacent to an activating group) is 1. The van der Waals surface area contributed by atoms with Gasteiger partial charge in [0.15, 0.2) is 0 Å². The highest BCUT2D eigenvalue weighted by Crippen LogP contribution is 2.35. The summed E-state index contributed by atoms with van der Waals surface area (Å²) in [6, 6.07) is 3.91. The van der Waals surface area contributed by atoms with Gasteiger partial charge in [0, 0.05) is 30.2 Å². The molecule has 0 radical (unpaired) electrons. The number of fused-ring (bicyclic) bond motifs is 1. The molecule has 0 aromatic heterocycles. The molecular weight excluding hydrogens is 308 g/mol. The van der Waals surface area contributed by atoms with E-state index in [0.717, 1.165) is 42.3 Å². The summed E-state index contributed by atoms with van der Waals surface area (Å²) in [6.07, 6.45) is 7.12. The van der Waals surface area contributed by atoms with Gasteiger partial charge in [-0.3, -0.25) is 0 Å². The van der Waals surface area contributed by atoms with E-state index in [4.69, 9.17) is 16.3 Å². The molecule has 0 saturated carbocycles. The highest BCUT2D eigenvalue weighted by atomic mass is 35.5. The van der Waals surface area contributed by atoms with E-state index in [1.807, 2.05) is 12.1 Å². The van der Waals surface area contributed by atoms with Gasteiger partial charge in [0.1, 0.15) is 5.75 Å². The summed E-state index contributed by atoms with van der Waals surface area (Å²) in [5.74, 6) is 0.960. The van der Waals surface area contributed by atoms with Crippen molar-refractivity contribution in [3.05, 3.63) is 33.9 Å². The molecule has 0 atom stereocenters. The number of rotatable bonds is 6. The smallest absolute Gasteiger partial charge is 0.122 e. The summed E-state index contributed by atoms with van der Waals surface area (Å²) in [7, 11) is 3.95. The maximum Gasteiger partial charge on any atom is 0.122 e. The van der Waals surface area contributed by atoms with Crippen LogP contribution in [0, 0.1) is 0 Å². The molecule has 0 spiro atoms. The monoisotopic (exact) mass is 334 g/mol. The second-order valence-electron chi connectivity index (χ2n) is 6.73. The van der Waals surface area contributed by atoms with Crippen LogP contribution >= 0.6 is 11.6 Å². The minimum absolute atomic E-state index is 0.831. The minimum Gasteiger partial charge on any atom is -0.496 e. The first kappa shape index (κ1) is 16.8. The highest BCUT2D eigenvalue weighted by molar-refractivity contribution is 6.32. The van der Waals surface area contributed by atoms with Crippen LogP contribution in [0.4, 0.5) is 0 Å². The average molecular weight is 335 g/mol. The summed E-state index contributed by atoms with van der Waals surface area (Å²) in [6.45, 7) is 5.91. The quantitative estimate of drug-likeness (QED) is 0.788. The topological polar surface area (TPSA) is 15.7 Å². The van der Waals surface area contributed by atoms with Crippen LogP contribution in [0.1, 0.15) is 30.4 Å². The van der Waals surface area contributed by atoms with Crippen molar-refractivity contribution in [2.75, 3.05) is 46.9 Å². The molecule has 1 aliphatic heterocycles. The van der Waals surface area contributed by atoms with Crippen LogP contribution in [-0.2, 0) is 6.42 Å². The second-order valence-corrected chi connectivity index (χ2v) is 7.14. The first-order valence-electron chi connectivity index (χ1n) is 8.63. The van der Waals surface area contributed by atoms with E-state index in [-0.39, 0.29) is 0 Å². The number of benzene rings is 1. The molecule has 2 aliphatic rings. The van der Waals surface area contributed by atoms with E-state index in [2.05, 4.69) is 22.9 Å². The molecule has 126 valence electrons. The molecule has 3 rings (SSSR count). The van der Waals surface area contributed by atoms with Crippen LogP contribution in [0.3, 0.4) is 0 Å². The number of nitrogens with zero attached hydrogens (tertiary/aromatic N) is 2. The van der Waals surface area contributed by atoms with Crippen LogP contribution in [0.2, 0.25) is 5.02 Å². The third kappa shape index (κ3) is 4.09. The zero-order valence-corrected chi connectivity index (χ0v) is 15.0. The van der Waals surface area contributed by atoms with Crippen molar-refractivity contribution in [1.29, 1.82) is 0 Å². The molecule has 1 heterocycles. The molecule has 0 amide bonds. The van der Waals surface area contributed by atoms with Gasteiger partial charge < -0.3 is 14.5 Å². The summed E-state index contributed by atoms with van der Waals surface area (Å²) >= 11 is 6.40. The molecule has 0 bridgehead atoms. The molecule has 1 aromatic carbocycles. The number of hydrogen-bond donors (Lipinski definition) is 0. The molecule has 4 heteroatoms. The number of ether oxygens (including phenoxy) is 1. The third-order valence-corrected chi connectivity index (χ3v) is 5.32. The average Bonchev–Trinajstić information content (AvgIpc) is 3.07. The SMILES string of the molecule is COc1ccc(Cl)c2c1CCC(CN(C)CCN1CCCC1)=C2. The summed E-state index contributed by atoms with van der Waals surface area (Å²) < 4.78 is 5.48. The first-order valence-corrected chi connectivity index (χ1v) is 9.01. The molecule has 1 saturated heterocycles. The summed E-state index contributed by atoms with van der Waals surface area (Å²) in [5.41, 5.74) is 3.88. The van der Waals surface area contributed by atoms with E-state index >= 15 is 0 Å². The Bertz CT molecular complexity index is 579. The Balaban J connectivity index is 1.62. The molecule has 23 heavy (non-hydrogen) atoms. The van der Waals surface area contributed by atoms with Crippen molar-refractivity contribution in [2.24, 2.45) is 0 Å². The Kier molecular flexibility index (Phi) is 5.62. The fourth-order valence-electron chi connectivity index (χ4n) is 3.65.